The van der Waals surface area contributed by atoms with Crippen molar-refractivity contribution in [1.29, 1.82) is 0 Å². The zero-order chi connectivity index (χ0) is 23.2. The van der Waals surface area contributed by atoms with Crippen LogP contribution in [-0.4, -0.2) is 12.4 Å². The Bertz CT molecular complexity index is 971. The van der Waals surface area contributed by atoms with Gasteiger partial charge in [0.25, 0.3) is 0 Å². The van der Waals surface area contributed by atoms with Gasteiger partial charge in [-0.25, -0.2) is 0 Å². The highest BCUT2D eigenvalue weighted by Gasteiger charge is 2.00. The van der Waals surface area contributed by atoms with Crippen LogP contribution < -0.4 is 4.74 Å². The van der Waals surface area contributed by atoms with Gasteiger partial charge in [0.15, 0.2) is 5.78 Å². The van der Waals surface area contributed by atoms with Gasteiger partial charge in [0.05, 0.1) is 0 Å². The number of benzene rings is 2. The van der Waals surface area contributed by atoms with Crippen LogP contribution in [0.1, 0.15) is 69.3 Å². The molecule has 0 N–H and O–H groups in total. The molecule has 0 aliphatic heterocycles. The van der Waals surface area contributed by atoms with E-state index >= 15 is 0 Å². The summed E-state index contributed by atoms with van der Waals surface area (Å²) in [5, 5.41) is 0. The Morgan fingerprint density at radius 2 is 1.50 bits per heavy atom. The summed E-state index contributed by atoms with van der Waals surface area (Å²) in [4.78, 5) is 12.2. The van der Waals surface area contributed by atoms with E-state index in [0.29, 0.717) is 12.2 Å². The fraction of sp³-hybridized carbons (Fsp3) is 0.300. The van der Waals surface area contributed by atoms with Gasteiger partial charge in [-0.1, -0.05) is 77.4 Å². The van der Waals surface area contributed by atoms with E-state index in [1.165, 1.54) is 16.7 Å². The highest BCUT2D eigenvalue weighted by Crippen LogP contribution is 2.16. The molecule has 0 amide bonds. The highest BCUT2D eigenvalue weighted by atomic mass is 16.5. The van der Waals surface area contributed by atoms with E-state index in [2.05, 4.69) is 45.9 Å². The van der Waals surface area contributed by atoms with Crippen molar-refractivity contribution in [2.45, 2.75) is 53.4 Å². The van der Waals surface area contributed by atoms with Crippen LogP contribution in [0.5, 0.6) is 5.75 Å². The molecule has 2 rings (SSSR count). The molecule has 168 valence electrons. The lowest BCUT2D eigenvalue weighted by Crippen LogP contribution is -1.95. The van der Waals surface area contributed by atoms with Crippen LogP contribution in [0.25, 0.3) is 6.08 Å². The first-order valence-corrected chi connectivity index (χ1v) is 11.4. The topological polar surface area (TPSA) is 26.3 Å². The molecule has 0 saturated heterocycles. The molecule has 0 aliphatic rings. The Morgan fingerprint density at radius 1 is 0.812 bits per heavy atom. The predicted octanol–water partition coefficient (Wildman–Crippen LogP) is 8.38. The number of hydrogen-bond acceptors (Lipinski definition) is 2. The molecule has 32 heavy (non-hydrogen) atoms. The molecule has 0 aromatic heterocycles. The number of rotatable bonds is 12. The molecule has 2 heteroatoms. The molecule has 2 aromatic rings. The molecule has 0 fully saturated rings. The van der Waals surface area contributed by atoms with E-state index in [1.54, 1.807) is 6.08 Å². The molecule has 0 radical (unpaired) electrons. The van der Waals surface area contributed by atoms with Crippen molar-refractivity contribution in [3.05, 3.63) is 107 Å². The van der Waals surface area contributed by atoms with Gasteiger partial charge in [-0.05, 0) is 83.2 Å². The van der Waals surface area contributed by atoms with Crippen molar-refractivity contribution >= 4 is 11.9 Å². The van der Waals surface area contributed by atoms with Gasteiger partial charge < -0.3 is 4.74 Å². The van der Waals surface area contributed by atoms with Crippen molar-refractivity contribution in [3.63, 3.8) is 0 Å². The van der Waals surface area contributed by atoms with Crippen molar-refractivity contribution < 1.29 is 9.53 Å². The smallest absolute Gasteiger partial charge is 0.185 e. The minimum Gasteiger partial charge on any atom is -0.490 e. The average molecular weight is 429 g/mol. The van der Waals surface area contributed by atoms with E-state index in [9.17, 15) is 4.79 Å². The Hall–Kier alpha value is -3.13. The molecule has 0 atom stereocenters. The third-order valence-electron chi connectivity index (χ3n) is 5.15. The second-order valence-corrected chi connectivity index (χ2v) is 8.41. The third-order valence-corrected chi connectivity index (χ3v) is 5.15. The maximum absolute atomic E-state index is 12.2. The Balaban J connectivity index is 1.79. The van der Waals surface area contributed by atoms with Gasteiger partial charge >= 0.3 is 0 Å². The molecule has 0 unspecified atom stereocenters. The highest BCUT2D eigenvalue weighted by molar-refractivity contribution is 6.06. The maximum Gasteiger partial charge on any atom is 0.185 e. The molecular formula is C30H36O2. The molecule has 0 saturated carbocycles. The number of carbonyl (C=O) groups excluding carboxylic acids is 1. The molecule has 0 heterocycles. The summed E-state index contributed by atoms with van der Waals surface area (Å²) in [6.07, 6.45) is 14.6. The molecular weight excluding hydrogens is 392 g/mol. The number of ether oxygens (including phenoxy) is 1. The molecule has 0 aliphatic carbocycles. The van der Waals surface area contributed by atoms with Crippen LogP contribution >= 0.6 is 0 Å². The van der Waals surface area contributed by atoms with E-state index in [0.717, 1.165) is 37.0 Å². The van der Waals surface area contributed by atoms with Crippen LogP contribution in [0.15, 0.2) is 95.6 Å². The van der Waals surface area contributed by atoms with Crippen LogP contribution in [0, 0.1) is 0 Å². The molecule has 0 bridgehead atoms. The zero-order valence-corrected chi connectivity index (χ0v) is 19.9. The first-order valence-electron chi connectivity index (χ1n) is 11.4. The Labute approximate surface area is 194 Å². The SMILES string of the molecule is CC(C)=CCC/C(C)=C/CC/C(C)=C/COc1cccc(/C=C/C(=O)c2ccccc2)c1. The molecule has 0 spiro atoms. The summed E-state index contributed by atoms with van der Waals surface area (Å²) in [6.45, 7) is 9.22. The lowest BCUT2D eigenvalue weighted by molar-refractivity contribution is 0.104. The largest absolute Gasteiger partial charge is 0.490 e. The fourth-order valence-electron chi connectivity index (χ4n) is 3.20. The zero-order valence-electron chi connectivity index (χ0n) is 19.9. The summed E-state index contributed by atoms with van der Waals surface area (Å²) in [5.41, 5.74) is 5.82. The van der Waals surface area contributed by atoms with E-state index in [4.69, 9.17) is 4.74 Å². The van der Waals surface area contributed by atoms with Crippen LogP contribution in [0.3, 0.4) is 0 Å². The van der Waals surface area contributed by atoms with Gasteiger partial charge in [-0.15, -0.1) is 0 Å². The standard InChI is InChI=1S/C30H36O2/c1-24(2)11-8-12-25(3)13-9-14-26(4)21-22-32-29-18-10-15-27(23-29)19-20-30(31)28-16-6-5-7-17-28/h5-7,10-11,13,15-21,23H,8-9,12,14,22H2,1-4H3/b20-19+,25-13+,26-21+. The maximum atomic E-state index is 12.2. The molecule has 2 nitrogen and oxygen atoms in total. The Morgan fingerprint density at radius 3 is 2.22 bits per heavy atom. The van der Waals surface area contributed by atoms with E-state index in [1.807, 2.05) is 60.7 Å². The lowest BCUT2D eigenvalue weighted by Gasteiger charge is -2.06. The normalized spacial score (nSPS) is 12.1. The van der Waals surface area contributed by atoms with Gasteiger partial charge in [0.1, 0.15) is 12.4 Å². The van der Waals surface area contributed by atoms with Crippen LogP contribution in [0.2, 0.25) is 0 Å². The van der Waals surface area contributed by atoms with Crippen LogP contribution in [-0.2, 0) is 0 Å². The monoisotopic (exact) mass is 428 g/mol. The van der Waals surface area contributed by atoms with Gasteiger partial charge in [-0.3, -0.25) is 4.79 Å². The number of carbonyl (C=O) groups is 1. The van der Waals surface area contributed by atoms with Gasteiger partial charge in [0, 0.05) is 5.56 Å². The Kier molecular flexibility index (Phi) is 11.0. The fourth-order valence-corrected chi connectivity index (χ4v) is 3.20. The minimum absolute atomic E-state index is 0.00305. The van der Waals surface area contributed by atoms with Gasteiger partial charge in [0.2, 0.25) is 0 Å². The predicted molar refractivity (Wildman–Crippen MR) is 137 cm³/mol. The summed E-state index contributed by atoms with van der Waals surface area (Å²) < 4.78 is 5.89. The average Bonchev–Trinajstić information content (AvgIpc) is 2.78. The van der Waals surface area contributed by atoms with Gasteiger partial charge in [-0.2, -0.15) is 0 Å². The molecule has 2 aromatic carbocycles. The minimum atomic E-state index is -0.00305. The number of allylic oxidation sites excluding steroid dienone is 6. The lowest BCUT2D eigenvalue weighted by atomic mass is 10.1. The second kappa shape index (κ2) is 14.0. The summed E-state index contributed by atoms with van der Waals surface area (Å²) in [5.74, 6) is 0.801. The first kappa shape index (κ1) is 25.1. The first-order chi connectivity index (χ1) is 15.4. The van der Waals surface area contributed by atoms with Crippen molar-refractivity contribution in [2.75, 3.05) is 6.61 Å². The quantitative estimate of drug-likeness (QED) is 0.193. The van der Waals surface area contributed by atoms with Crippen molar-refractivity contribution in [1.82, 2.24) is 0 Å². The third kappa shape index (κ3) is 10.3. The number of hydrogen-bond donors (Lipinski definition) is 0. The van der Waals surface area contributed by atoms with E-state index < -0.39 is 0 Å². The summed E-state index contributed by atoms with van der Waals surface area (Å²) in [7, 11) is 0. The van der Waals surface area contributed by atoms with Crippen molar-refractivity contribution in [3.8, 4) is 5.75 Å². The van der Waals surface area contributed by atoms with Crippen LogP contribution in [0.4, 0.5) is 0 Å². The number of ketones is 1. The summed E-state index contributed by atoms with van der Waals surface area (Å²) in [6, 6.07) is 17.1. The van der Waals surface area contributed by atoms with Crippen molar-refractivity contribution in [2.24, 2.45) is 0 Å². The summed E-state index contributed by atoms with van der Waals surface area (Å²) >= 11 is 0. The van der Waals surface area contributed by atoms with E-state index in [-0.39, 0.29) is 5.78 Å². The second-order valence-electron chi connectivity index (χ2n) is 8.41.